The van der Waals surface area contributed by atoms with Gasteiger partial charge in [-0.05, 0) is 17.7 Å². The van der Waals surface area contributed by atoms with E-state index >= 15 is 0 Å². The molecule has 0 amide bonds. The molecule has 2 N–H and O–H groups in total. The maximum absolute atomic E-state index is 12.4. The number of rotatable bonds is 6. The summed E-state index contributed by atoms with van der Waals surface area (Å²) in [4.78, 5) is 18.6. The predicted molar refractivity (Wildman–Crippen MR) is 90.9 cm³/mol. The zero-order chi connectivity index (χ0) is 16.8. The van der Waals surface area contributed by atoms with Crippen molar-refractivity contribution in [2.75, 3.05) is 31.2 Å². The summed E-state index contributed by atoms with van der Waals surface area (Å²) in [6, 6.07) is 13.2. The Morgan fingerprint density at radius 2 is 2.00 bits per heavy atom. The fourth-order valence-electron chi connectivity index (χ4n) is 2.62. The van der Waals surface area contributed by atoms with Crippen LogP contribution in [0.2, 0.25) is 0 Å². The number of pyridine rings is 1. The monoisotopic (exact) mass is 327 g/mol. The second kappa shape index (κ2) is 8.01. The molecule has 0 spiro atoms. The Morgan fingerprint density at radius 3 is 2.75 bits per heavy atom. The molecular formula is C18H21N3O3. The number of benzene rings is 1. The van der Waals surface area contributed by atoms with E-state index in [4.69, 9.17) is 4.74 Å². The van der Waals surface area contributed by atoms with E-state index in [0.29, 0.717) is 19.8 Å². The first-order chi connectivity index (χ1) is 11.7. The Hall–Kier alpha value is -2.28. The summed E-state index contributed by atoms with van der Waals surface area (Å²) in [6.07, 6.45) is 0.319. The Balaban J connectivity index is 1.63. The van der Waals surface area contributed by atoms with E-state index in [1.165, 1.54) is 0 Å². The second-order valence-corrected chi connectivity index (χ2v) is 5.63. The second-order valence-electron chi connectivity index (χ2n) is 5.63. The minimum absolute atomic E-state index is 0.257. The number of ketones is 1. The summed E-state index contributed by atoms with van der Waals surface area (Å²) in [5.41, 5.74) is 2.18. The molecule has 6 heteroatoms. The lowest BCUT2D eigenvalue weighted by molar-refractivity contribution is 0.0664. The summed E-state index contributed by atoms with van der Waals surface area (Å²) >= 11 is 0. The van der Waals surface area contributed by atoms with Crippen LogP contribution < -0.4 is 10.2 Å². The van der Waals surface area contributed by atoms with Crippen LogP contribution >= 0.6 is 0 Å². The highest BCUT2D eigenvalue weighted by molar-refractivity contribution is 5.98. The largest absolute Gasteiger partial charge is 0.378 e. The minimum atomic E-state index is -1.28. The first-order valence-corrected chi connectivity index (χ1v) is 8.02. The van der Waals surface area contributed by atoms with Gasteiger partial charge in [0.25, 0.3) is 0 Å². The van der Waals surface area contributed by atoms with Gasteiger partial charge >= 0.3 is 0 Å². The maximum Gasteiger partial charge on any atom is 0.224 e. The van der Waals surface area contributed by atoms with Crippen LogP contribution in [0.4, 0.5) is 5.69 Å². The number of hydrogen-bond donors (Lipinski definition) is 2. The number of anilines is 1. The number of carbonyl (C=O) groups excluding carboxylic acids is 1. The number of aromatic nitrogens is 1. The van der Waals surface area contributed by atoms with Gasteiger partial charge in [0.2, 0.25) is 5.78 Å². The quantitative estimate of drug-likeness (QED) is 0.614. The number of aliphatic hydroxyl groups is 1. The van der Waals surface area contributed by atoms with E-state index in [9.17, 15) is 9.90 Å². The highest BCUT2D eigenvalue weighted by Crippen LogP contribution is 2.16. The van der Waals surface area contributed by atoms with Gasteiger partial charge in [0.05, 0.1) is 13.2 Å². The third kappa shape index (κ3) is 4.17. The number of nitrogens with zero attached hydrogens (tertiary/aromatic N) is 2. The molecule has 0 unspecified atom stereocenters. The summed E-state index contributed by atoms with van der Waals surface area (Å²) in [6.45, 7) is 3.33. The molecule has 1 aromatic carbocycles. The normalized spacial score (nSPS) is 16.0. The van der Waals surface area contributed by atoms with Crippen LogP contribution in [-0.2, 0) is 11.3 Å². The van der Waals surface area contributed by atoms with Gasteiger partial charge in [-0.15, -0.1) is 0 Å². The van der Waals surface area contributed by atoms with Crippen LogP contribution in [0.5, 0.6) is 0 Å². The molecule has 1 saturated heterocycles. The molecule has 0 saturated carbocycles. The standard InChI is InChI=1S/C18H21N3O3/c22-17(18(23)20-13-14-4-2-1-3-5-14)16-12-15(6-7-19-16)21-8-10-24-11-9-21/h1-7,12,18,20,23H,8-11,13H2/t18-/m0/s1. The van der Waals surface area contributed by atoms with Crippen molar-refractivity contribution in [3.63, 3.8) is 0 Å². The van der Waals surface area contributed by atoms with Crippen LogP contribution in [-0.4, -0.2) is 48.4 Å². The van der Waals surface area contributed by atoms with Crippen molar-refractivity contribution in [1.29, 1.82) is 0 Å². The smallest absolute Gasteiger partial charge is 0.224 e. The molecule has 3 rings (SSSR count). The molecule has 24 heavy (non-hydrogen) atoms. The topological polar surface area (TPSA) is 74.7 Å². The molecule has 1 fully saturated rings. The lowest BCUT2D eigenvalue weighted by Gasteiger charge is -2.29. The number of Topliss-reactive ketones (excluding diaryl/α,β-unsaturated/α-hetero) is 1. The zero-order valence-electron chi connectivity index (χ0n) is 13.4. The van der Waals surface area contributed by atoms with Crippen LogP contribution in [0.15, 0.2) is 48.7 Å². The molecule has 0 radical (unpaired) electrons. The van der Waals surface area contributed by atoms with Crippen molar-refractivity contribution < 1.29 is 14.6 Å². The SMILES string of the molecule is O=C(c1cc(N2CCOCC2)ccn1)[C@H](O)NCc1ccccc1. The van der Waals surface area contributed by atoms with Crippen LogP contribution in [0.1, 0.15) is 16.1 Å². The van der Waals surface area contributed by atoms with Crippen molar-refractivity contribution in [3.8, 4) is 0 Å². The lowest BCUT2D eigenvalue weighted by Crippen LogP contribution is -2.38. The predicted octanol–water partition coefficient (Wildman–Crippen LogP) is 1.21. The average molecular weight is 327 g/mol. The number of aliphatic hydroxyl groups excluding tert-OH is 1. The minimum Gasteiger partial charge on any atom is -0.378 e. The first kappa shape index (κ1) is 16.6. The summed E-state index contributed by atoms with van der Waals surface area (Å²) in [5.74, 6) is -0.430. The van der Waals surface area contributed by atoms with E-state index in [1.54, 1.807) is 12.3 Å². The number of hydrogen-bond acceptors (Lipinski definition) is 6. The van der Waals surface area contributed by atoms with Gasteiger partial charge in [-0.1, -0.05) is 30.3 Å². The molecule has 126 valence electrons. The van der Waals surface area contributed by atoms with Crippen molar-refractivity contribution in [2.24, 2.45) is 0 Å². The molecule has 1 atom stereocenters. The zero-order valence-corrected chi connectivity index (χ0v) is 13.4. The fraction of sp³-hybridized carbons (Fsp3) is 0.333. The third-order valence-electron chi connectivity index (χ3n) is 3.96. The molecule has 1 aliphatic heterocycles. The molecule has 2 aromatic rings. The van der Waals surface area contributed by atoms with Crippen molar-refractivity contribution in [1.82, 2.24) is 10.3 Å². The number of morpholine rings is 1. The van der Waals surface area contributed by atoms with E-state index in [0.717, 1.165) is 24.3 Å². The number of ether oxygens (including phenoxy) is 1. The van der Waals surface area contributed by atoms with Crippen molar-refractivity contribution in [2.45, 2.75) is 12.8 Å². The highest BCUT2D eigenvalue weighted by atomic mass is 16.5. The average Bonchev–Trinajstić information content (AvgIpc) is 2.67. The fourth-order valence-corrected chi connectivity index (χ4v) is 2.62. The molecule has 0 aliphatic carbocycles. The summed E-state index contributed by atoms with van der Waals surface area (Å²) in [5, 5.41) is 12.9. The van der Waals surface area contributed by atoms with Gasteiger partial charge in [-0.2, -0.15) is 0 Å². The maximum atomic E-state index is 12.4. The van der Waals surface area contributed by atoms with Gasteiger partial charge in [-0.3, -0.25) is 15.1 Å². The molecule has 1 aromatic heterocycles. The lowest BCUT2D eigenvalue weighted by atomic mass is 10.2. The van der Waals surface area contributed by atoms with E-state index in [2.05, 4.69) is 15.2 Å². The molecule has 0 bridgehead atoms. The first-order valence-electron chi connectivity index (χ1n) is 8.02. The number of nitrogens with one attached hydrogen (secondary N) is 1. The Kier molecular flexibility index (Phi) is 5.53. The van der Waals surface area contributed by atoms with Crippen molar-refractivity contribution in [3.05, 3.63) is 59.9 Å². The van der Waals surface area contributed by atoms with Crippen LogP contribution in [0.25, 0.3) is 0 Å². The van der Waals surface area contributed by atoms with Gasteiger partial charge in [-0.25, -0.2) is 0 Å². The Bertz CT molecular complexity index is 672. The Morgan fingerprint density at radius 1 is 1.25 bits per heavy atom. The molecule has 2 heterocycles. The highest BCUT2D eigenvalue weighted by Gasteiger charge is 2.20. The number of carbonyl (C=O) groups is 1. The summed E-state index contributed by atoms with van der Waals surface area (Å²) in [7, 11) is 0. The third-order valence-corrected chi connectivity index (χ3v) is 3.96. The van der Waals surface area contributed by atoms with Gasteiger partial charge in [0, 0.05) is 31.5 Å². The molecule has 6 nitrogen and oxygen atoms in total. The van der Waals surface area contributed by atoms with Crippen molar-refractivity contribution >= 4 is 11.5 Å². The van der Waals surface area contributed by atoms with E-state index < -0.39 is 12.0 Å². The molecular weight excluding hydrogens is 306 g/mol. The van der Waals surface area contributed by atoms with Crippen LogP contribution in [0, 0.1) is 0 Å². The summed E-state index contributed by atoms with van der Waals surface area (Å²) < 4.78 is 5.34. The molecule has 1 aliphatic rings. The van der Waals surface area contributed by atoms with Gasteiger partial charge < -0.3 is 14.7 Å². The van der Waals surface area contributed by atoms with E-state index in [-0.39, 0.29) is 5.69 Å². The van der Waals surface area contributed by atoms with Gasteiger partial charge in [0.15, 0.2) is 6.23 Å². The Labute approximate surface area is 141 Å². The van der Waals surface area contributed by atoms with Gasteiger partial charge in [0.1, 0.15) is 5.69 Å². The van der Waals surface area contributed by atoms with E-state index in [1.807, 2.05) is 36.4 Å². The van der Waals surface area contributed by atoms with Crippen LogP contribution in [0.3, 0.4) is 0 Å².